The highest BCUT2D eigenvalue weighted by molar-refractivity contribution is 5.94. The van der Waals surface area contributed by atoms with E-state index in [9.17, 15) is 9.59 Å². The lowest BCUT2D eigenvalue weighted by atomic mass is 9.94. The van der Waals surface area contributed by atoms with Crippen LogP contribution in [-0.4, -0.2) is 60.5 Å². The van der Waals surface area contributed by atoms with Gasteiger partial charge in [-0.25, -0.2) is 0 Å². The molecule has 0 N–H and O–H groups in total. The molecule has 7 heteroatoms. The number of hydrogen-bond donors (Lipinski definition) is 0. The van der Waals surface area contributed by atoms with Gasteiger partial charge in [-0.05, 0) is 38.0 Å². The molecule has 0 saturated carbocycles. The van der Waals surface area contributed by atoms with Crippen LogP contribution in [0.5, 0.6) is 11.5 Å². The van der Waals surface area contributed by atoms with Crippen molar-refractivity contribution >= 4 is 11.8 Å². The summed E-state index contributed by atoms with van der Waals surface area (Å²) in [6, 6.07) is 9.25. The first kappa shape index (κ1) is 19.4. The second-order valence-electron chi connectivity index (χ2n) is 7.45. The van der Waals surface area contributed by atoms with Crippen molar-refractivity contribution in [2.24, 2.45) is 5.92 Å². The van der Waals surface area contributed by atoms with Gasteiger partial charge in [0.05, 0.1) is 18.4 Å². The van der Waals surface area contributed by atoms with Gasteiger partial charge in [-0.3, -0.25) is 9.59 Å². The largest absolute Gasteiger partial charge is 0.486 e. The van der Waals surface area contributed by atoms with Gasteiger partial charge in [0.2, 0.25) is 5.91 Å². The minimum atomic E-state index is -0.184. The molecule has 1 aromatic carbocycles. The summed E-state index contributed by atoms with van der Waals surface area (Å²) < 4.78 is 16.8. The Hall–Kier alpha value is -2.96. The van der Waals surface area contributed by atoms with E-state index >= 15 is 0 Å². The maximum Gasteiger partial charge on any atom is 0.257 e. The van der Waals surface area contributed by atoms with Gasteiger partial charge in [0.15, 0.2) is 17.6 Å². The van der Waals surface area contributed by atoms with E-state index in [1.807, 2.05) is 36.1 Å². The Bertz CT molecular complexity index is 843. The average molecular weight is 398 g/mol. The Kier molecular flexibility index (Phi) is 5.74. The zero-order chi connectivity index (χ0) is 20.2. The van der Waals surface area contributed by atoms with E-state index in [0.29, 0.717) is 51.2 Å². The molecule has 2 aliphatic heterocycles. The number of carbonyl (C=O) groups is 2. The maximum absolute atomic E-state index is 13.1. The standard InChI is InChI=1S/C22H26N2O5/c1-2-23(13-18-15-28-19-5-3-4-6-20(19)29-18)21(25)16-7-10-24(11-8-16)22(26)17-9-12-27-14-17/h3-6,9,12,14,16,18H,2,7-8,10-11,13,15H2,1H3. The van der Waals surface area contributed by atoms with Crippen LogP contribution in [0.4, 0.5) is 0 Å². The Morgan fingerprint density at radius 2 is 1.90 bits per heavy atom. The number of likely N-dealkylation sites (N-methyl/N-ethyl adjacent to an activating group) is 1. The van der Waals surface area contributed by atoms with Crippen LogP contribution in [0.15, 0.2) is 47.3 Å². The fourth-order valence-corrected chi connectivity index (χ4v) is 3.93. The number of fused-ring (bicyclic) bond motifs is 1. The van der Waals surface area contributed by atoms with Gasteiger partial charge in [-0.15, -0.1) is 0 Å². The third-order valence-electron chi connectivity index (χ3n) is 5.58. The van der Waals surface area contributed by atoms with Gasteiger partial charge >= 0.3 is 0 Å². The van der Waals surface area contributed by atoms with Crippen molar-refractivity contribution < 1.29 is 23.5 Å². The molecule has 0 bridgehead atoms. The summed E-state index contributed by atoms with van der Waals surface area (Å²) in [7, 11) is 0. The van der Waals surface area contributed by atoms with Gasteiger partial charge in [-0.1, -0.05) is 12.1 Å². The normalized spacial score (nSPS) is 19.1. The molecule has 154 valence electrons. The van der Waals surface area contributed by atoms with E-state index in [0.717, 1.165) is 11.5 Å². The molecule has 0 radical (unpaired) electrons. The first-order chi connectivity index (χ1) is 14.2. The molecule has 1 saturated heterocycles. The lowest BCUT2D eigenvalue weighted by Crippen LogP contribution is -2.48. The molecule has 29 heavy (non-hydrogen) atoms. The van der Waals surface area contributed by atoms with E-state index in [-0.39, 0.29) is 23.8 Å². The molecule has 1 unspecified atom stereocenters. The van der Waals surface area contributed by atoms with Crippen LogP contribution < -0.4 is 9.47 Å². The number of likely N-dealkylation sites (tertiary alicyclic amines) is 1. The van der Waals surface area contributed by atoms with Gasteiger partial charge in [0.1, 0.15) is 12.9 Å². The smallest absolute Gasteiger partial charge is 0.257 e. The van der Waals surface area contributed by atoms with Crippen molar-refractivity contribution in [2.45, 2.75) is 25.9 Å². The molecule has 4 rings (SSSR count). The molecule has 2 aromatic rings. The van der Waals surface area contributed by atoms with E-state index in [1.165, 1.54) is 12.5 Å². The number of furan rings is 1. The Labute approximate surface area is 170 Å². The molecule has 1 atom stereocenters. The molecule has 2 amide bonds. The average Bonchev–Trinajstić information content (AvgIpc) is 3.31. The molecular formula is C22H26N2O5. The number of para-hydroxylation sites is 2. The van der Waals surface area contributed by atoms with Crippen LogP contribution >= 0.6 is 0 Å². The molecular weight excluding hydrogens is 372 g/mol. The topological polar surface area (TPSA) is 72.2 Å². The minimum absolute atomic E-state index is 0.0385. The summed E-state index contributed by atoms with van der Waals surface area (Å²) in [6.07, 6.45) is 4.12. The summed E-state index contributed by atoms with van der Waals surface area (Å²) in [5.74, 6) is 1.49. The number of benzene rings is 1. The first-order valence-corrected chi connectivity index (χ1v) is 10.1. The second kappa shape index (κ2) is 8.59. The Balaban J connectivity index is 1.31. The van der Waals surface area contributed by atoms with Crippen molar-refractivity contribution in [3.8, 4) is 11.5 Å². The van der Waals surface area contributed by atoms with E-state index in [2.05, 4.69) is 0 Å². The van der Waals surface area contributed by atoms with Crippen LogP contribution in [0.2, 0.25) is 0 Å². The van der Waals surface area contributed by atoms with Crippen LogP contribution in [-0.2, 0) is 4.79 Å². The van der Waals surface area contributed by atoms with E-state index in [1.54, 1.807) is 11.0 Å². The lowest BCUT2D eigenvalue weighted by molar-refractivity contribution is -0.138. The quantitative estimate of drug-likeness (QED) is 0.775. The SMILES string of the molecule is CCN(CC1COc2ccccc2O1)C(=O)C1CCN(C(=O)c2ccoc2)CC1. The number of nitrogens with zero attached hydrogens (tertiary/aromatic N) is 2. The zero-order valence-electron chi connectivity index (χ0n) is 16.6. The number of amides is 2. The number of rotatable bonds is 5. The monoisotopic (exact) mass is 398 g/mol. The summed E-state index contributed by atoms with van der Waals surface area (Å²) in [5.41, 5.74) is 0.555. The molecule has 7 nitrogen and oxygen atoms in total. The number of ether oxygens (including phenoxy) is 2. The minimum Gasteiger partial charge on any atom is -0.486 e. The lowest BCUT2D eigenvalue weighted by Gasteiger charge is -2.35. The molecule has 1 fully saturated rings. The first-order valence-electron chi connectivity index (χ1n) is 10.1. The molecule has 2 aliphatic rings. The van der Waals surface area contributed by atoms with Gasteiger partial charge in [0.25, 0.3) is 5.91 Å². The number of piperidine rings is 1. The van der Waals surface area contributed by atoms with Crippen molar-refractivity contribution in [1.29, 1.82) is 0 Å². The third kappa shape index (κ3) is 4.23. The van der Waals surface area contributed by atoms with Gasteiger partial charge in [-0.2, -0.15) is 0 Å². The Morgan fingerprint density at radius 1 is 1.14 bits per heavy atom. The fourth-order valence-electron chi connectivity index (χ4n) is 3.93. The van der Waals surface area contributed by atoms with Crippen molar-refractivity contribution in [2.75, 3.05) is 32.8 Å². The highest BCUT2D eigenvalue weighted by atomic mass is 16.6. The van der Waals surface area contributed by atoms with Gasteiger partial charge in [0, 0.05) is 25.6 Å². The highest BCUT2D eigenvalue weighted by Crippen LogP contribution is 2.31. The van der Waals surface area contributed by atoms with E-state index < -0.39 is 0 Å². The van der Waals surface area contributed by atoms with Crippen LogP contribution in [0.1, 0.15) is 30.1 Å². The molecule has 0 aliphatic carbocycles. The fraction of sp³-hybridized carbons (Fsp3) is 0.455. The second-order valence-corrected chi connectivity index (χ2v) is 7.45. The summed E-state index contributed by atoms with van der Waals surface area (Å²) in [5, 5.41) is 0. The van der Waals surface area contributed by atoms with Crippen LogP contribution in [0, 0.1) is 5.92 Å². The van der Waals surface area contributed by atoms with Gasteiger partial charge < -0.3 is 23.7 Å². The zero-order valence-corrected chi connectivity index (χ0v) is 16.6. The third-order valence-corrected chi connectivity index (χ3v) is 5.58. The summed E-state index contributed by atoms with van der Waals surface area (Å²) in [6.45, 7) is 4.68. The Morgan fingerprint density at radius 3 is 2.59 bits per heavy atom. The number of carbonyl (C=O) groups excluding carboxylic acids is 2. The molecule has 3 heterocycles. The van der Waals surface area contributed by atoms with E-state index in [4.69, 9.17) is 13.9 Å². The number of hydrogen-bond acceptors (Lipinski definition) is 5. The van der Waals surface area contributed by atoms with Crippen molar-refractivity contribution in [3.05, 3.63) is 48.4 Å². The summed E-state index contributed by atoms with van der Waals surface area (Å²) in [4.78, 5) is 29.1. The van der Waals surface area contributed by atoms with Crippen LogP contribution in [0.25, 0.3) is 0 Å². The van der Waals surface area contributed by atoms with Crippen molar-refractivity contribution in [3.63, 3.8) is 0 Å². The maximum atomic E-state index is 13.1. The molecule has 0 spiro atoms. The van der Waals surface area contributed by atoms with Crippen molar-refractivity contribution in [1.82, 2.24) is 9.80 Å². The molecule has 1 aromatic heterocycles. The highest BCUT2D eigenvalue weighted by Gasteiger charge is 2.32. The summed E-state index contributed by atoms with van der Waals surface area (Å²) >= 11 is 0. The predicted octanol–water partition coefficient (Wildman–Crippen LogP) is 2.82. The van der Waals surface area contributed by atoms with Crippen LogP contribution in [0.3, 0.4) is 0 Å². The predicted molar refractivity (Wildman–Crippen MR) is 106 cm³/mol.